The molecule has 0 radical (unpaired) electrons. The summed E-state index contributed by atoms with van der Waals surface area (Å²) >= 11 is 6.21. The number of nitrogens with zero attached hydrogens (tertiary/aromatic N) is 3. The first-order valence-electron chi connectivity index (χ1n) is 7.42. The molecule has 2 heterocycles. The maximum absolute atomic E-state index is 13.1. The molecule has 0 saturated carbocycles. The van der Waals surface area contributed by atoms with Gasteiger partial charge in [0.2, 0.25) is 0 Å². The molecule has 128 valence electrons. The van der Waals surface area contributed by atoms with Gasteiger partial charge in [-0.25, -0.2) is 17.4 Å². The number of aryl methyl sites for hydroxylation is 1. The number of hydrogen-bond acceptors (Lipinski definition) is 5. The number of hydrogen-bond donors (Lipinski definition) is 1. The smallest absolute Gasteiger partial charge is 0.269 e. The van der Waals surface area contributed by atoms with Gasteiger partial charge >= 0.3 is 0 Å². The molecule has 0 aliphatic heterocycles. The molecular weight excluding hydrogens is 362 g/mol. The van der Waals surface area contributed by atoms with E-state index in [1.165, 1.54) is 18.3 Å². The first-order valence-corrected chi connectivity index (χ1v) is 9.24. The van der Waals surface area contributed by atoms with Crippen molar-refractivity contribution in [3.05, 3.63) is 58.4 Å². The van der Waals surface area contributed by atoms with Crippen LogP contribution in [0.1, 0.15) is 16.8 Å². The highest BCUT2D eigenvalue weighted by atomic mass is 35.5. The molecule has 0 aliphatic carbocycles. The molecule has 3 rings (SSSR count). The molecule has 1 N–H and O–H groups in total. The summed E-state index contributed by atoms with van der Waals surface area (Å²) in [4.78, 5) is 4.23. The molecule has 1 aromatic carbocycles. The molecule has 0 aliphatic rings. The summed E-state index contributed by atoms with van der Waals surface area (Å²) in [6.45, 7) is 1.63. The minimum Gasteiger partial charge on any atom is -0.396 e. The van der Waals surface area contributed by atoms with Gasteiger partial charge in [-0.05, 0) is 25.1 Å². The van der Waals surface area contributed by atoms with E-state index >= 15 is 0 Å². The largest absolute Gasteiger partial charge is 0.396 e. The highest BCUT2D eigenvalue weighted by Gasteiger charge is 2.25. The molecule has 8 heteroatoms. The second-order valence-electron chi connectivity index (χ2n) is 5.53. The van der Waals surface area contributed by atoms with E-state index in [0.717, 1.165) is 9.54 Å². The van der Waals surface area contributed by atoms with Gasteiger partial charge < -0.3 is 5.11 Å². The van der Waals surface area contributed by atoms with Crippen LogP contribution in [0.2, 0.25) is 5.02 Å². The van der Waals surface area contributed by atoms with Crippen LogP contribution in [0.25, 0.3) is 11.0 Å². The third kappa shape index (κ3) is 2.89. The fourth-order valence-corrected chi connectivity index (χ4v) is 4.34. The van der Waals surface area contributed by atoms with Gasteiger partial charge in [0.15, 0.2) is 5.65 Å². The topological polar surface area (TPSA) is 96.0 Å². The van der Waals surface area contributed by atoms with Crippen LogP contribution in [0.3, 0.4) is 0 Å². The molecule has 0 saturated heterocycles. The van der Waals surface area contributed by atoms with Crippen LogP contribution >= 0.6 is 11.6 Å². The third-order valence-corrected chi connectivity index (χ3v) is 6.00. The van der Waals surface area contributed by atoms with E-state index in [1.54, 1.807) is 18.2 Å². The zero-order chi connectivity index (χ0) is 18.2. The highest BCUT2D eigenvalue weighted by molar-refractivity contribution is 7.90. The van der Waals surface area contributed by atoms with E-state index in [1.807, 2.05) is 13.0 Å². The van der Waals surface area contributed by atoms with Crippen LogP contribution in [0.4, 0.5) is 0 Å². The minimum atomic E-state index is -3.93. The second kappa shape index (κ2) is 6.48. The number of aliphatic hydroxyl groups is 1. The number of aliphatic hydroxyl groups excluding tert-OH is 1. The second-order valence-corrected chi connectivity index (χ2v) is 7.69. The van der Waals surface area contributed by atoms with Crippen LogP contribution in [-0.4, -0.2) is 29.1 Å². The van der Waals surface area contributed by atoms with Gasteiger partial charge in [-0.1, -0.05) is 29.3 Å². The molecule has 0 amide bonds. The van der Waals surface area contributed by atoms with Crippen molar-refractivity contribution in [2.24, 2.45) is 0 Å². The molecule has 0 fully saturated rings. The van der Waals surface area contributed by atoms with Crippen molar-refractivity contribution in [2.75, 3.05) is 6.61 Å². The van der Waals surface area contributed by atoms with Gasteiger partial charge in [-0.3, -0.25) is 0 Å². The summed E-state index contributed by atoms with van der Waals surface area (Å²) in [5.41, 5.74) is 1.58. The van der Waals surface area contributed by atoms with Gasteiger partial charge in [0.1, 0.15) is 6.07 Å². The number of fused-ring (bicyclic) bond motifs is 1. The number of benzene rings is 1. The zero-order valence-electron chi connectivity index (χ0n) is 13.3. The lowest BCUT2D eigenvalue weighted by Crippen LogP contribution is -2.17. The fourth-order valence-electron chi connectivity index (χ4n) is 2.60. The number of halogens is 1. The Bertz CT molecular complexity index is 1100. The number of nitriles is 1. The zero-order valence-corrected chi connectivity index (χ0v) is 14.8. The highest BCUT2D eigenvalue weighted by Crippen LogP contribution is 2.31. The first-order chi connectivity index (χ1) is 11.9. The minimum absolute atomic E-state index is 0.108. The lowest BCUT2D eigenvalue weighted by atomic mass is 10.2. The lowest BCUT2D eigenvalue weighted by Gasteiger charge is -2.11. The van der Waals surface area contributed by atoms with Crippen LogP contribution in [-0.2, 0) is 16.4 Å². The van der Waals surface area contributed by atoms with E-state index in [2.05, 4.69) is 4.98 Å². The SMILES string of the molecule is Cc1ccc(S(=O)(=O)n2c(CCO)cc3c(Cl)c(C#N)cnc32)cc1. The Morgan fingerprint density at radius 2 is 2.00 bits per heavy atom. The van der Waals surface area contributed by atoms with E-state index in [0.29, 0.717) is 11.1 Å². The number of rotatable bonds is 4. The molecule has 0 spiro atoms. The van der Waals surface area contributed by atoms with Crippen molar-refractivity contribution < 1.29 is 13.5 Å². The summed E-state index contributed by atoms with van der Waals surface area (Å²) in [6, 6.07) is 9.92. The molecule has 2 aromatic heterocycles. The Balaban J connectivity index is 2.34. The Morgan fingerprint density at radius 1 is 1.32 bits per heavy atom. The molecule has 0 atom stereocenters. The maximum Gasteiger partial charge on any atom is 0.269 e. The first kappa shape index (κ1) is 17.4. The quantitative estimate of drug-likeness (QED) is 0.756. The van der Waals surface area contributed by atoms with Crippen molar-refractivity contribution in [3.63, 3.8) is 0 Å². The monoisotopic (exact) mass is 375 g/mol. The van der Waals surface area contributed by atoms with Crippen molar-refractivity contribution >= 4 is 32.7 Å². The fraction of sp³-hybridized carbons (Fsp3) is 0.176. The van der Waals surface area contributed by atoms with Gasteiger partial charge in [0, 0.05) is 30.3 Å². The average molecular weight is 376 g/mol. The predicted octanol–water partition coefficient (Wildman–Crippen LogP) is 2.64. The maximum atomic E-state index is 13.1. The standard InChI is InChI=1S/C17H14ClN3O3S/c1-11-2-4-14(5-3-11)25(23,24)21-13(6-7-22)8-15-16(18)12(9-19)10-20-17(15)21/h2-5,8,10,22H,6-7H2,1H3. The normalized spacial score (nSPS) is 11.6. The van der Waals surface area contributed by atoms with E-state index in [9.17, 15) is 13.5 Å². The van der Waals surface area contributed by atoms with E-state index < -0.39 is 10.0 Å². The van der Waals surface area contributed by atoms with Crippen LogP contribution in [0, 0.1) is 18.3 Å². The number of aromatic nitrogens is 2. The predicted molar refractivity (Wildman–Crippen MR) is 94.0 cm³/mol. The summed E-state index contributed by atoms with van der Waals surface area (Å²) in [5.74, 6) is 0. The van der Waals surface area contributed by atoms with Gasteiger partial charge in [0.25, 0.3) is 10.0 Å². The molecule has 6 nitrogen and oxygen atoms in total. The third-order valence-electron chi connectivity index (χ3n) is 3.84. The summed E-state index contributed by atoms with van der Waals surface area (Å²) in [6.07, 6.45) is 1.36. The van der Waals surface area contributed by atoms with Crippen LogP contribution in [0.15, 0.2) is 41.4 Å². The van der Waals surface area contributed by atoms with Gasteiger partial charge in [0.05, 0.1) is 15.5 Å². The average Bonchev–Trinajstić information content (AvgIpc) is 2.96. The van der Waals surface area contributed by atoms with E-state index in [-0.39, 0.29) is 34.2 Å². The van der Waals surface area contributed by atoms with Crippen molar-refractivity contribution in [2.45, 2.75) is 18.2 Å². The van der Waals surface area contributed by atoms with Crippen LogP contribution in [0.5, 0.6) is 0 Å². The van der Waals surface area contributed by atoms with Crippen molar-refractivity contribution in [1.82, 2.24) is 8.96 Å². The Labute approximate surface area is 150 Å². The molecule has 0 bridgehead atoms. The molecule has 0 unspecified atom stereocenters. The summed E-state index contributed by atoms with van der Waals surface area (Å²) in [7, 11) is -3.93. The van der Waals surface area contributed by atoms with E-state index in [4.69, 9.17) is 16.9 Å². The lowest BCUT2D eigenvalue weighted by molar-refractivity contribution is 0.298. The van der Waals surface area contributed by atoms with Gasteiger partial charge in [-0.2, -0.15) is 5.26 Å². The van der Waals surface area contributed by atoms with Gasteiger partial charge in [-0.15, -0.1) is 0 Å². The summed E-state index contributed by atoms with van der Waals surface area (Å²) in [5, 5.41) is 18.9. The molecular formula is C17H14ClN3O3S. The number of pyridine rings is 1. The van der Waals surface area contributed by atoms with Crippen molar-refractivity contribution in [3.8, 4) is 6.07 Å². The molecule has 25 heavy (non-hydrogen) atoms. The molecule has 3 aromatic rings. The Kier molecular flexibility index (Phi) is 4.52. The Morgan fingerprint density at radius 3 is 2.60 bits per heavy atom. The summed E-state index contributed by atoms with van der Waals surface area (Å²) < 4.78 is 27.3. The van der Waals surface area contributed by atoms with Crippen LogP contribution < -0.4 is 0 Å². The Hall–Kier alpha value is -2.40. The van der Waals surface area contributed by atoms with Crippen molar-refractivity contribution in [1.29, 1.82) is 5.26 Å².